The van der Waals surface area contributed by atoms with Crippen LogP contribution in [0.2, 0.25) is 5.02 Å². The van der Waals surface area contributed by atoms with E-state index in [0.29, 0.717) is 11.7 Å². The third kappa shape index (κ3) is 6.12. The zero-order chi connectivity index (χ0) is 29.3. The van der Waals surface area contributed by atoms with Crippen LogP contribution in [0.15, 0.2) is 59.5 Å². The average molecular weight is 616 g/mol. The Morgan fingerprint density at radius 2 is 1.71 bits per heavy atom. The van der Waals surface area contributed by atoms with Crippen molar-refractivity contribution in [2.75, 3.05) is 13.4 Å². The number of carbonyl (C=O) groups excluding carboxylic acids is 1. The maximum Gasteiger partial charge on any atom is 0.266 e. The fraction of sp³-hybridized carbons (Fsp3) is 0.344. The standard InChI is InChI=1S/C32H32ClF2NO3S2/c1-4-19-5-10-23(11-6-19)36(32(37)31-29(33)28-25(34)14-15-26(35)30(28)40-31)18-22-17-21(9-16-27(22)39-2)20-7-12-24(13-8-20)41(3)38/h7-9,12-17,19,23H,4-6,10-11,18H2,1-3H3/t19-,23-,41?. The smallest absolute Gasteiger partial charge is 0.266 e. The van der Waals surface area contributed by atoms with Crippen LogP contribution in [0.4, 0.5) is 8.78 Å². The molecule has 4 nitrogen and oxygen atoms in total. The molecule has 1 aliphatic carbocycles. The Balaban J connectivity index is 1.54. The lowest BCUT2D eigenvalue weighted by atomic mass is 9.83. The molecule has 5 rings (SSSR count). The summed E-state index contributed by atoms with van der Waals surface area (Å²) in [5.74, 6) is -0.326. The summed E-state index contributed by atoms with van der Waals surface area (Å²) in [6.45, 7) is 2.44. The molecule has 1 heterocycles. The van der Waals surface area contributed by atoms with Gasteiger partial charge in [0, 0.05) is 18.2 Å². The Kier molecular flexibility index (Phi) is 9.24. The van der Waals surface area contributed by atoms with Crippen LogP contribution < -0.4 is 4.74 Å². The van der Waals surface area contributed by atoms with Gasteiger partial charge < -0.3 is 14.2 Å². The highest BCUT2D eigenvalue weighted by molar-refractivity contribution is 7.90. The molecule has 3 aromatic carbocycles. The molecule has 1 saturated carbocycles. The summed E-state index contributed by atoms with van der Waals surface area (Å²) in [4.78, 5) is 16.9. The van der Waals surface area contributed by atoms with Crippen molar-refractivity contribution in [1.82, 2.24) is 4.90 Å². The van der Waals surface area contributed by atoms with Crippen molar-refractivity contribution in [2.24, 2.45) is 5.92 Å². The van der Waals surface area contributed by atoms with Crippen molar-refractivity contribution in [2.45, 2.75) is 56.5 Å². The van der Waals surface area contributed by atoms with Gasteiger partial charge >= 0.3 is 0 Å². The number of hydrogen-bond acceptors (Lipinski definition) is 4. The molecular formula is C32H32ClF2NO3S2. The Labute approximate surface area is 251 Å². The fourth-order valence-corrected chi connectivity index (χ4v) is 7.73. The minimum Gasteiger partial charge on any atom is -0.612 e. The number of methoxy groups -OCH3 is 1. The molecule has 0 bridgehead atoms. The Bertz CT molecular complexity index is 1550. The quantitative estimate of drug-likeness (QED) is 0.186. The number of amides is 1. The van der Waals surface area contributed by atoms with Crippen molar-refractivity contribution >= 4 is 50.1 Å². The molecule has 216 valence electrons. The van der Waals surface area contributed by atoms with E-state index in [1.165, 1.54) is 0 Å². The van der Waals surface area contributed by atoms with E-state index in [2.05, 4.69) is 6.92 Å². The van der Waals surface area contributed by atoms with Crippen LogP contribution in [0.1, 0.15) is 54.3 Å². The van der Waals surface area contributed by atoms with Gasteiger partial charge in [-0.25, -0.2) is 8.78 Å². The summed E-state index contributed by atoms with van der Waals surface area (Å²) in [6.07, 6.45) is 6.45. The SMILES string of the molecule is CC[C@H]1CC[C@H](N(Cc2cc(-c3ccc([S+](C)[O-])cc3)ccc2OC)C(=O)c2sc3c(F)ccc(F)c3c2Cl)CC1. The van der Waals surface area contributed by atoms with Crippen LogP contribution in [-0.4, -0.2) is 34.8 Å². The highest BCUT2D eigenvalue weighted by atomic mass is 35.5. The highest BCUT2D eigenvalue weighted by Crippen LogP contribution is 2.41. The topological polar surface area (TPSA) is 52.6 Å². The predicted octanol–water partition coefficient (Wildman–Crippen LogP) is 8.86. The summed E-state index contributed by atoms with van der Waals surface area (Å²) in [7, 11) is 1.59. The van der Waals surface area contributed by atoms with Crippen LogP contribution in [-0.2, 0) is 17.7 Å². The van der Waals surface area contributed by atoms with Crippen molar-refractivity contribution in [3.05, 3.63) is 81.7 Å². The fourth-order valence-electron chi connectivity index (χ4n) is 5.70. The monoisotopic (exact) mass is 615 g/mol. The third-order valence-electron chi connectivity index (χ3n) is 8.11. The maximum atomic E-state index is 14.7. The first kappa shape index (κ1) is 29.8. The third-order valence-corrected chi connectivity index (χ3v) is 10.7. The first-order chi connectivity index (χ1) is 19.7. The van der Waals surface area contributed by atoms with E-state index in [4.69, 9.17) is 16.3 Å². The van der Waals surface area contributed by atoms with E-state index < -0.39 is 22.8 Å². The molecule has 0 radical (unpaired) electrons. The van der Waals surface area contributed by atoms with Gasteiger partial charge in [0.15, 0.2) is 4.90 Å². The predicted molar refractivity (Wildman–Crippen MR) is 163 cm³/mol. The van der Waals surface area contributed by atoms with E-state index in [9.17, 15) is 18.1 Å². The van der Waals surface area contributed by atoms with Gasteiger partial charge in [-0.15, -0.1) is 11.3 Å². The Morgan fingerprint density at radius 3 is 2.32 bits per heavy atom. The van der Waals surface area contributed by atoms with Gasteiger partial charge in [0.1, 0.15) is 28.5 Å². The molecular weight excluding hydrogens is 584 g/mol. The zero-order valence-electron chi connectivity index (χ0n) is 23.2. The minimum atomic E-state index is -1.07. The minimum absolute atomic E-state index is 0.0454. The van der Waals surface area contributed by atoms with Crippen LogP contribution >= 0.6 is 22.9 Å². The molecule has 0 N–H and O–H groups in total. The lowest BCUT2D eigenvalue weighted by molar-refractivity contribution is 0.0591. The van der Waals surface area contributed by atoms with Gasteiger partial charge in [0.25, 0.3) is 5.91 Å². The number of ether oxygens (including phenoxy) is 1. The lowest BCUT2D eigenvalue weighted by Crippen LogP contribution is -2.41. The van der Waals surface area contributed by atoms with Crippen LogP contribution in [0.3, 0.4) is 0 Å². The molecule has 1 aromatic heterocycles. The summed E-state index contributed by atoms with van der Waals surface area (Å²) >= 11 is 6.40. The van der Waals surface area contributed by atoms with Crippen LogP contribution in [0, 0.1) is 17.6 Å². The molecule has 4 aromatic rings. The molecule has 1 aliphatic rings. The first-order valence-corrected chi connectivity index (χ1v) is 16.4. The molecule has 41 heavy (non-hydrogen) atoms. The molecule has 0 saturated heterocycles. The lowest BCUT2D eigenvalue weighted by Gasteiger charge is -2.37. The number of carbonyl (C=O) groups is 1. The number of rotatable bonds is 8. The summed E-state index contributed by atoms with van der Waals surface area (Å²) < 4.78 is 46.9. The van der Waals surface area contributed by atoms with Gasteiger partial charge in [-0.05, 0) is 102 Å². The van der Waals surface area contributed by atoms with Crippen molar-refractivity contribution < 1.29 is 22.9 Å². The van der Waals surface area contributed by atoms with Gasteiger partial charge in [0.2, 0.25) is 0 Å². The van der Waals surface area contributed by atoms with Crippen LogP contribution in [0.5, 0.6) is 5.75 Å². The van der Waals surface area contributed by atoms with E-state index in [1.54, 1.807) is 13.4 Å². The largest absolute Gasteiger partial charge is 0.612 e. The van der Waals surface area contributed by atoms with Gasteiger partial charge in [-0.3, -0.25) is 4.79 Å². The van der Waals surface area contributed by atoms with Gasteiger partial charge in [0.05, 0.1) is 22.2 Å². The molecule has 0 spiro atoms. The maximum absolute atomic E-state index is 14.7. The normalized spacial score (nSPS) is 17.9. The number of hydrogen-bond donors (Lipinski definition) is 0. The molecule has 1 amide bonds. The van der Waals surface area contributed by atoms with E-state index in [-0.39, 0.29) is 38.5 Å². The summed E-state index contributed by atoms with van der Waals surface area (Å²) in [5, 5.41) is -0.0981. The second-order valence-corrected chi connectivity index (χ2v) is 13.3. The van der Waals surface area contributed by atoms with E-state index in [0.717, 1.165) is 77.2 Å². The molecule has 1 atom stereocenters. The second-order valence-electron chi connectivity index (χ2n) is 10.5. The average Bonchev–Trinajstić information content (AvgIpc) is 3.35. The Morgan fingerprint density at radius 1 is 1.05 bits per heavy atom. The zero-order valence-corrected chi connectivity index (χ0v) is 25.6. The number of halogens is 3. The van der Waals surface area contributed by atoms with Crippen LogP contribution in [0.25, 0.3) is 21.2 Å². The number of fused-ring (bicyclic) bond motifs is 1. The van der Waals surface area contributed by atoms with Gasteiger partial charge in [-0.1, -0.05) is 31.0 Å². The van der Waals surface area contributed by atoms with E-state index >= 15 is 0 Å². The number of thiophene rings is 1. The molecule has 1 unspecified atom stereocenters. The van der Waals surface area contributed by atoms with E-state index in [1.807, 2.05) is 47.4 Å². The van der Waals surface area contributed by atoms with Crippen molar-refractivity contribution in [1.29, 1.82) is 0 Å². The number of benzene rings is 3. The number of nitrogens with zero attached hydrogens (tertiary/aromatic N) is 1. The summed E-state index contributed by atoms with van der Waals surface area (Å²) in [6, 6.07) is 15.4. The van der Waals surface area contributed by atoms with Crippen molar-refractivity contribution in [3.8, 4) is 16.9 Å². The highest BCUT2D eigenvalue weighted by Gasteiger charge is 2.33. The van der Waals surface area contributed by atoms with Crippen molar-refractivity contribution in [3.63, 3.8) is 0 Å². The first-order valence-electron chi connectivity index (χ1n) is 13.7. The molecule has 1 fully saturated rings. The van der Waals surface area contributed by atoms with Gasteiger partial charge in [-0.2, -0.15) is 0 Å². The molecule has 9 heteroatoms. The second kappa shape index (κ2) is 12.7. The summed E-state index contributed by atoms with van der Waals surface area (Å²) in [5.41, 5.74) is 2.69. The Hall–Kier alpha value is -2.65. The molecule has 0 aliphatic heterocycles.